The summed E-state index contributed by atoms with van der Waals surface area (Å²) in [4.78, 5) is 4.00. The van der Waals surface area contributed by atoms with Gasteiger partial charge in [-0.1, -0.05) is 12.1 Å². The van der Waals surface area contributed by atoms with Gasteiger partial charge < -0.3 is 5.32 Å². The minimum Gasteiger partial charge on any atom is -0.316 e. The zero-order chi connectivity index (χ0) is 15.2. The summed E-state index contributed by atoms with van der Waals surface area (Å²) < 4.78 is 0. The predicted molar refractivity (Wildman–Crippen MR) is 94.1 cm³/mol. The summed E-state index contributed by atoms with van der Waals surface area (Å²) in [5.41, 5.74) is 1.44. The first-order valence-electron chi connectivity index (χ1n) is 8.22. The fourth-order valence-electron chi connectivity index (χ4n) is 3.27. The molecular weight excluding hydrogens is 276 g/mol. The number of nitrogens with one attached hydrogen (secondary N) is 1. The Hall–Kier alpha value is -0.510. The van der Waals surface area contributed by atoms with Crippen molar-refractivity contribution in [2.45, 2.75) is 50.6 Å². The Kier molecular flexibility index (Phi) is 6.59. The Morgan fingerprint density at radius 3 is 2.48 bits per heavy atom. The molecule has 0 bridgehead atoms. The molecule has 0 aliphatic carbocycles. The van der Waals surface area contributed by atoms with Crippen LogP contribution in [0, 0.1) is 5.92 Å². The summed E-state index contributed by atoms with van der Waals surface area (Å²) in [6.07, 6.45) is 4.83. The lowest BCUT2D eigenvalue weighted by Gasteiger charge is -2.37. The standard InChI is InChI=1S/C18H30N2S/c1-14(2)20(13-16-6-5-11-19-12-16)15(3)17-7-9-18(21-4)10-8-17/h7-10,14-16,19H,5-6,11-13H2,1-4H3. The van der Waals surface area contributed by atoms with Gasteiger partial charge in [-0.25, -0.2) is 0 Å². The van der Waals surface area contributed by atoms with Crippen molar-refractivity contribution in [3.8, 4) is 0 Å². The molecule has 2 atom stereocenters. The molecule has 1 aliphatic heterocycles. The number of benzene rings is 1. The number of hydrogen-bond acceptors (Lipinski definition) is 3. The average molecular weight is 307 g/mol. The SMILES string of the molecule is CSc1ccc(C(C)N(CC2CCCNC2)C(C)C)cc1. The van der Waals surface area contributed by atoms with Gasteiger partial charge in [0.25, 0.3) is 0 Å². The summed E-state index contributed by atoms with van der Waals surface area (Å²) in [6.45, 7) is 10.6. The monoisotopic (exact) mass is 306 g/mol. The number of piperidine rings is 1. The van der Waals surface area contributed by atoms with Crippen molar-refractivity contribution in [3.05, 3.63) is 29.8 Å². The van der Waals surface area contributed by atoms with Gasteiger partial charge in [-0.05, 0) is 76.6 Å². The van der Waals surface area contributed by atoms with E-state index in [0.29, 0.717) is 12.1 Å². The molecule has 1 N–H and O–H groups in total. The van der Waals surface area contributed by atoms with Crippen LogP contribution in [0.4, 0.5) is 0 Å². The van der Waals surface area contributed by atoms with Crippen molar-refractivity contribution >= 4 is 11.8 Å². The van der Waals surface area contributed by atoms with Crippen molar-refractivity contribution in [1.29, 1.82) is 0 Å². The highest BCUT2D eigenvalue weighted by molar-refractivity contribution is 7.98. The molecule has 118 valence electrons. The molecule has 1 fully saturated rings. The first-order chi connectivity index (χ1) is 10.1. The van der Waals surface area contributed by atoms with E-state index >= 15 is 0 Å². The average Bonchev–Trinajstić information content (AvgIpc) is 2.53. The van der Waals surface area contributed by atoms with Crippen molar-refractivity contribution in [1.82, 2.24) is 10.2 Å². The Morgan fingerprint density at radius 1 is 1.24 bits per heavy atom. The molecule has 1 heterocycles. The van der Waals surface area contributed by atoms with E-state index in [9.17, 15) is 0 Å². The van der Waals surface area contributed by atoms with Crippen LogP contribution in [0.5, 0.6) is 0 Å². The summed E-state index contributed by atoms with van der Waals surface area (Å²) in [6, 6.07) is 10.2. The lowest BCUT2D eigenvalue weighted by Crippen LogP contribution is -2.42. The Bertz CT molecular complexity index is 410. The molecule has 0 spiro atoms. The van der Waals surface area contributed by atoms with E-state index in [4.69, 9.17) is 0 Å². The van der Waals surface area contributed by atoms with Gasteiger partial charge in [-0.15, -0.1) is 11.8 Å². The van der Waals surface area contributed by atoms with E-state index in [1.165, 1.54) is 42.9 Å². The molecule has 1 saturated heterocycles. The molecule has 0 saturated carbocycles. The number of hydrogen-bond donors (Lipinski definition) is 1. The highest BCUT2D eigenvalue weighted by atomic mass is 32.2. The molecular formula is C18H30N2S. The Morgan fingerprint density at radius 2 is 1.95 bits per heavy atom. The topological polar surface area (TPSA) is 15.3 Å². The predicted octanol–water partition coefficient (Wildman–Crippen LogP) is 4.18. The molecule has 2 rings (SSSR count). The maximum atomic E-state index is 3.54. The van der Waals surface area contributed by atoms with E-state index in [2.05, 4.69) is 61.5 Å². The van der Waals surface area contributed by atoms with Crippen molar-refractivity contribution < 1.29 is 0 Å². The van der Waals surface area contributed by atoms with Crippen LogP contribution in [-0.4, -0.2) is 36.8 Å². The van der Waals surface area contributed by atoms with Crippen molar-refractivity contribution in [3.63, 3.8) is 0 Å². The van der Waals surface area contributed by atoms with Crippen LogP contribution in [0.2, 0.25) is 0 Å². The fraction of sp³-hybridized carbons (Fsp3) is 0.667. The first-order valence-corrected chi connectivity index (χ1v) is 9.44. The maximum Gasteiger partial charge on any atom is 0.0322 e. The second-order valence-electron chi connectivity index (χ2n) is 6.45. The van der Waals surface area contributed by atoms with E-state index in [0.717, 1.165) is 5.92 Å². The summed E-state index contributed by atoms with van der Waals surface area (Å²) >= 11 is 1.81. The molecule has 2 unspecified atom stereocenters. The van der Waals surface area contributed by atoms with Crippen LogP contribution in [0.3, 0.4) is 0 Å². The number of thioether (sulfide) groups is 1. The van der Waals surface area contributed by atoms with E-state index in [1.807, 2.05) is 11.8 Å². The second kappa shape index (κ2) is 8.21. The minimum absolute atomic E-state index is 0.489. The van der Waals surface area contributed by atoms with Crippen LogP contribution in [0.25, 0.3) is 0 Å². The van der Waals surface area contributed by atoms with E-state index < -0.39 is 0 Å². The zero-order valence-corrected chi connectivity index (χ0v) is 14.7. The van der Waals surface area contributed by atoms with Gasteiger partial charge in [-0.2, -0.15) is 0 Å². The van der Waals surface area contributed by atoms with Gasteiger partial charge >= 0.3 is 0 Å². The van der Waals surface area contributed by atoms with Gasteiger partial charge in [-0.3, -0.25) is 4.90 Å². The Labute approximate surface area is 134 Å². The molecule has 0 aromatic heterocycles. The molecule has 2 nitrogen and oxygen atoms in total. The Balaban J connectivity index is 2.04. The number of rotatable bonds is 6. The highest BCUT2D eigenvalue weighted by Gasteiger charge is 2.23. The lowest BCUT2D eigenvalue weighted by atomic mass is 9.96. The summed E-state index contributed by atoms with van der Waals surface area (Å²) in [5.74, 6) is 0.800. The highest BCUT2D eigenvalue weighted by Crippen LogP contribution is 2.26. The lowest BCUT2D eigenvalue weighted by molar-refractivity contribution is 0.126. The third kappa shape index (κ3) is 4.73. The van der Waals surface area contributed by atoms with Gasteiger partial charge in [0.05, 0.1) is 0 Å². The third-order valence-electron chi connectivity index (χ3n) is 4.63. The molecule has 1 aliphatic rings. The molecule has 3 heteroatoms. The van der Waals surface area contributed by atoms with E-state index in [1.54, 1.807) is 0 Å². The van der Waals surface area contributed by atoms with Crippen LogP contribution in [0.15, 0.2) is 29.2 Å². The minimum atomic E-state index is 0.489. The molecule has 21 heavy (non-hydrogen) atoms. The van der Waals surface area contributed by atoms with Crippen molar-refractivity contribution in [2.75, 3.05) is 25.9 Å². The van der Waals surface area contributed by atoms with Gasteiger partial charge in [0.1, 0.15) is 0 Å². The van der Waals surface area contributed by atoms with Gasteiger partial charge in [0.15, 0.2) is 0 Å². The first kappa shape index (κ1) is 16.9. The van der Waals surface area contributed by atoms with Crippen LogP contribution in [0.1, 0.15) is 45.2 Å². The quantitative estimate of drug-likeness (QED) is 0.794. The smallest absolute Gasteiger partial charge is 0.0322 e. The largest absolute Gasteiger partial charge is 0.316 e. The summed E-state index contributed by atoms with van der Waals surface area (Å²) in [7, 11) is 0. The van der Waals surface area contributed by atoms with Gasteiger partial charge in [0.2, 0.25) is 0 Å². The number of nitrogens with zero attached hydrogens (tertiary/aromatic N) is 1. The van der Waals surface area contributed by atoms with Crippen LogP contribution >= 0.6 is 11.8 Å². The molecule has 1 aromatic carbocycles. The second-order valence-corrected chi connectivity index (χ2v) is 7.33. The maximum absolute atomic E-state index is 3.54. The molecule has 1 aromatic rings. The van der Waals surface area contributed by atoms with Crippen molar-refractivity contribution in [2.24, 2.45) is 5.92 Å². The van der Waals surface area contributed by atoms with Crippen LogP contribution in [-0.2, 0) is 0 Å². The third-order valence-corrected chi connectivity index (χ3v) is 5.37. The van der Waals surface area contributed by atoms with Crippen LogP contribution < -0.4 is 5.32 Å². The normalized spacial score (nSPS) is 21.0. The van der Waals surface area contributed by atoms with Gasteiger partial charge in [0, 0.05) is 23.5 Å². The molecule has 0 amide bonds. The zero-order valence-electron chi connectivity index (χ0n) is 13.9. The fourth-order valence-corrected chi connectivity index (χ4v) is 3.68. The van der Waals surface area contributed by atoms with E-state index in [-0.39, 0.29) is 0 Å². The summed E-state index contributed by atoms with van der Waals surface area (Å²) in [5, 5.41) is 3.54. The molecule has 0 radical (unpaired) electrons.